The van der Waals surface area contributed by atoms with Gasteiger partial charge in [-0.2, -0.15) is 0 Å². The zero-order valence-electron chi connectivity index (χ0n) is 9.95. The molecule has 0 radical (unpaired) electrons. The summed E-state index contributed by atoms with van der Waals surface area (Å²) in [5.41, 5.74) is 6.01. The van der Waals surface area contributed by atoms with Gasteiger partial charge in [-0.3, -0.25) is 10.1 Å². The zero-order chi connectivity index (χ0) is 13.6. The van der Waals surface area contributed by atoms with Crippen LogP contribution in [0.1, 0.15) is 24.0 Å². The molecule has 4 nitrogen and oxygen atoms in total. The second-order valence-corrected chi connectivity index (χ2v) is 4.95. The average molecular weight is 256 g/mol. The van der Waals surface area contributed by atoms with Crippen molar-refractivity contribution >= 4 is 5.69 Å². The quantitative estimate of drug-likeness (QED) is 0.667. The van der Waals surface area contributed by atoms with Gasteiger partial charge in [-0.05, 0) is 18.6 Å². The fraction of sp³-hybridized carbons (Fsp3) is 0.500. The molecule has 18 heavy (non-hydrogen) atoms. The van der Waals surface area contributed by atoms with Gasteiger partial charge in [0.25, 0.3) is 5.69 Å². The van der Waals surface area contributed by atoms with Gasteiger partial charge in [-0.25, -0.2) is 8.78 Å². The van der Waals surface area contributed by atoms with Crippen molar-refractivity contribution in [3.05, 3.63) is 39.4 Å². The van der Waals surface area contributed by atoms with E-state index in [1.165, 1.54) is 12.1 Å². The number of aryl methyl sites for hydroxylation is 1. The smallest absolute Gasteiger partial charge is 0.272 e. The summed E-state index contributed by atoms with van der Waals surface area (Å²) in [4.78, 5) is 10.2. The number of nitro benzene ring substituents is 1. The Balaban J connectivity index is 2.35. The number of hydrogen-bond acceptors (Lipinski definition) is 3. The van der Waals surface area contributed by atoms with Gasteiger partial charge in [0.05, 0.1) is 4.92 Å². The van der Waals surface area contributed by atoms with Crippen LogP contribution in [-0.2, 0) is 5.41 Å². The third kappa shape index (κ3) is 1.96. The van der Waals surface area contributed by atoms with E-state index in [1.807, 2.05) is 0 Å². The minimum atomic E-state index is -2.67. The van der Waals surface area contributed by atoms with Gasteiger partial charge >= 0.3 is 0 Å². The maximum Gasteiger partial charge on any atom is 0.272 e. The summed E-state index contributed by atoms with van der Waals surface area (Å²) in [7, 11) is 0. The lowest BCUT2D eigenvalue weighted by Gasteiger charge is -2.47. The fourth-order valence-electron chi connectivity index (χ4n) is 2.59. The number of halogens is 2. The summed E-state index contributed by atoms with van der Waals surface area (Å²) in [6.45, 7) is 1.72. The number of nitrogens with zero attached hydrogens (tertiary/aromatic N) is 1. The molecule has 1 aromatic rings. The van der Waals surface area contributed by atoms with Gasteiger partial charge in [0.1, 0.15) is 0 Å². The molecule has 1 fully saturated rings. The first-order chi connectivity index (χ1) is 8.30. The fourth-order valence-corrected chi connectivity index (χ4v) is 2.59. The highest BCUT2D eigenvalue weighted by molar-refractivity contribution is 5.45. The molecule has 0 bridgehead atoms. The minimum absolute atomic E-state index is 0.00277. The third-order valence-corrected chi connectivity index (χ3v) is 3.59. The molecule has 0 unspecified atom stereocenters. The number of alkyl halides is 2. The molecule has 0 heterocycles. The summed E-state index contributed by atoms with van der Waals surface area (Å²) < 4.78 is 26.1. The second-order valence-electron chi connectivity index (χ2n) is 4.95. The topological polar surface area (TPSA) is 69.2 Å². The molecule has 0 atom stereocenters. The molecule has 0 amide bonds. The molecule has 0 spiro atoms. The van der Waals surface area contributed by atoms with Crippen molar-refractivity contribution in [1.82, 2.24) is 0 Å². The Morgan fingerprint density at radius 3 is 2.44 bits per heavy atom. The van der Waals surface area contributed by atoms with Crippen molar-refractivity contribution in [2.75, 3.05) is 6.54 Å². The molecule has 6 heteroatoms. The first-order valence-corrected chi connectivity index (χ1v) is 5.63. The Hall–Kier alpha value is -1.56. The second kappa shape index (κ2) is 3.98. The lowest BCUT2D eigenvalue weighted by molar-refractivity contribution is -0.385. The first kappa shape index (κ1) is 12.9. The molecule has 1 aliphatic rings. The predicted octanol–water partition coefficient (Wildman–Crippen LogP) is 2.53. The van der Waals surface area contributed by atoms with Gasteiger partial charge in [-0.15, -0.1) is 0 Å². The van der Waals surface area contributed by atoms with Crippen LogP contribution in [0.2, 0.25) is 0 Å². The molecule has 0 saturated heterocycles. The highest BCUT2D eigenvalue weighted by Crippen LogP contribution is 2.53. The van der Waals surface area contributed by atoms with Gasteiger partial charge in [0.2, 0.25) is 5.92 Å². The summed E-state index contributed by atoms with van der Waals surface area (Å²) in [5, 5.41) is 10.7. The van der Waals surface area contributed by atoms with Gasteiger partial charge in [0.15, 0.2) is 0 Å². The lowest BCUT2D eigenvalue weighted by Crippen LogP contribution is -2.53. The molecule has 2 rings (SSSR count). The molecule has 0 aromatic heterocycles. The van der Waals surface area contributed by atoms with E-state index < -0.39 is 16.3 Å². The standard InChI is InChI=1S/C12H14F2N2O2/c1-8-4-9(2-3-10(8)16(17)18)11(7-15)5-12(13,14)6-11/h2-4H,5-7,15H2,1H3. The van der Waals surface area contributed by atoms with Crippen molar-refractivity contribution in [2.24, 2.45) is 5.73 Å². The van der Waals surface area contributed by atoms with E-state index in [4.69, 9.17) is 5.73 Å². The largest absolute Gasteiger partial charge is 0.330 e. The SMILES string of the molecule is Cc1cc(C2(CN)CC(F)(F)C2)ccc1[N+](=O)[O-]. The Kier molecular flexibility index (Phi) is 2.85. The number of nitrogens with two attached hydrogens (primary N) is 1. The Morgan fingerprint density at radius 2 is 2.06 bits per heavy atom. The van der Waals surface area contributed by atoms with E-state index in [9.17, 15) is 18.9 Å². The molecule has 1 saturated carbocycles. The van der Waals surface area contributed by atoms with Gasteiger partial charge < -0.3 is 5.73 Å². The van der Waals surface area contributed by atoms with E-state index in [1.54, 1.807) is 13.0 Å². The van der Waals surface area contributed by atoms with E-state index >= 15 is 0 Å². The zero-order valence-corrected chi connectivity index (χ0v) is 9.95. The van der Waals surface area contributed by atoms with E-state index in [0.717, 1.165) is 0 Å². The molecule has 1 aliphatic carbocycles. The summed E-state index contributed by atoms with van der Waals surface area (Å²) in [5.74, 6) is -2.67. The highest BCUT2D eigenvalue weighted by atomic mass is 19.3. The van der Waals surface area contributed by atoms with Crippen LogP contribution >= 0.6 is 0 Å². The van der Waals surface area contributed by atoms with Crippen molar-refractivity contribution in [3.63, 3.8) is 0 Å². The van der Waals surface area contributed by atoms with Crippen LogP contribution in [0.25, 0.3) is 0 Å². The molecule has 2 N–H and O–H groups in total. The average Bonchev–Trinajstić information content (AvgIpc) is 2.24. The van der Waals surface area contributed by atoms with Crippen LogP contribution in [-0.4, -0.2) is 17.4 Å². The van der Waals surface area contributed by atoms with E-state index in [2.05, 4.69) is 0 Å². The maximum atomic E-state index is 13.1. The normalized spacial score (nSPS) is 20.2. The summed E-state index contributed by atoms with van der Waals surface area (Å²) in [6, 6.07) is 4.49. The molecule has 0 aliphatic heterocycles. The number of benzene rings is 1. The molecule has 1 aromatic carbocycles. The van der Waals surface area contributed by atoms with Gasteiger partial charge in [0, 0.05) is 36.4 Å². The first-order valence-electron chi connectivity index (χ1n) is 5.63. The van der Waals surface area contributed by atoms with Gasteiger partial charge in [-0.1, -0.05) is 6.07 Å². The Morgan fingerprint density at radius 1 is 1.44 bits per heavy atom. The Labute approximate surface area is 103 Å². The van der Waals surface area contributed by atoms with Crippen LogP contribution < -0.4 is 5.73 Å². The molecule has 98 valence electrons. The van der Waals surface area contributed by atoms with Crippen LogP contribution in [0.15, 0.2) is 18.2 Å². The monoisotopic (exact) mass is 256 g/mol. The van der Waals surface area contributed by atoms with Crippen molar-refractivity contribution in [1.29, 1.82) is 0 Å². The third-order valence-electron chi connectivity index (χ3n) is 3.59. The number of nitro groups is 1. The predicted molar refractivity (Wildman–Crippen MR) is 62.7 cm³/mol. The molecular weight excluding hydrogens is 242 g/mol. The van der Waals surface area contributed by atoms with Crippen LogP contribution in [0.5, 0.6) is 0 Å². The summed E-state index contributed by atoms with van der Waals surface area (Å²) >= 11 is 0. The van der Waals surface area contributed by atoms with Crippen LogP contribution in [0.4, 0.5) is 14.5 Å². The maximum absolute atomic E-state index is 13.1. The van der Waals surface area contributed by atoms with Crippen LogP contribution in [0, 0.1) is 17.0 Å². The van der Waals surface area contributed by atoms with Crippen molar-refractivity contribution < 1.29 is 13.7 Å². The minimum Gasteiger partial charge on any atom is -0.330 e. The van der Waals surface area contributed by atoms with Crippen molar-refractivity contribution in [2.45, 2.75) is 31.1 Å². The lowest BCUT2D eigenvalue weighted by atomic mass is 9.62. The number of hydrogen-bond donors (Lipinski definition) is 1. The number of rotatable bonds is 3. The highest BCUT2D eigenvalue weighted by Gasteiger charge is 2.56. The Bertz CT molecular complexity index is 495. The van der Waals surface area contributed by atoms with E-state index in [0.29, 0.717) is 11.1 Å². The summed E-state index contributed by atoms with van der Waals surface area (Å²) in [6.07, 6.45) is -0.568. The van der Waals surface area contributed by atoms with Crippen LogP contribution in [0.3, 0.4) is 0 Å². The van der Waals surface area contributed by atoms with E-state index in [-0.39, 0.29) is 25.1 Å². The van der Waals surface area contributed by atoms with Crippen molar-refractivity contribution in [3.8, 4) is 0 Å². The molecular formula is C12H14F2N2O2.